The number of rotatable bonds is 4. The van der Waals surface area contributed by atoms with Gasteiger partial charge in [0.1, 0.15) is 0 Å². The highest BCUT2D eigenvalue weighted by molar-refractivity contribution is 14.1. The molecule has 2 rings (SSSR count). The van der Waals surface area contributed by atoms with Crippen LogP contribution in [-0.2, 0) is 15.7 Å². The molecule has 106 valence electrons. The van der Waals surface area contributed by atoms with Gasteiger partial charge >= 0.3 is 7.12 Å². The van der Waals surface area contributed by atoms with E-state index in [1.165, 1.54) is 0 Å². The van der Waals surface area contributed by atoms with Crippen LogP contribution in [0.4, 0.5) is 0 Å². The minimum Gasteiger partial charge on any atom is -0.399 e. The lowest BCUT2D eigenvalue weighted by Gasteiger charge is -2.32. The van der Waals surface area contributed by atoms with E-state index in [1.807, 2.05) is 6.20 Å². The average Bonchev–Trinajstić information content (AvgIpc) is 2.79. The quantitative estimate of drug-likeness (QED) is 0.499. The number of aromatic nitrogens is 2. The first-order valence-corrected chi connectivity index (χ1v) is 7.99. The number of aromatic amines is 1. The number of nitrogens with one attached hydrogen (secondary N) is 1. The molecule has 0 amide bonds. The molecule has 0 spiro atoms. The predicted octanol–water partition coefficient (Wildman–Crippen LogP) is 2.46. The van der Waals surface area contributed by atoms with Crippen molar-refractivity contribution in [1.29, 1.82) is 0 Å². The van der Waals surface area contributed by atoms with Crippen molar-refractivity contribution in [2.45, 2.75) is 62.6 Å². The van der Waals surface area contributed by atoms with Crippen LogP contribution in [0.15, 0.2) is 6.20 Å². The van der Waals surface area contributed by atoms with Gasteiger partial charge in [0.05, 0.1) is 11.2 Å². The summed E-state index contributed by atoms with van der Waals surface area (Å²) in [4.78, 5) is 0. The molecule has 2 heterocycles. The second kappa shape index (κ2) is 5.37. The van der Waals surface area contributed by atoms with Crippen molar-refractivity contribution in [1.82, 2.24) is 10.2 Å². The molecular formula is C13H22BIN2O2. The van der Waals surface area contributed by atoms with Crippen molar-refractivity contribution < 1.29 is 9.31 Å². The molecule has 4 nitrogen and oxygen atoms in total. The molecule has 1 fully saturated rings. The molecule has 0 bridgehead atoms. The first-order chi connectivity index (χ1) is 8.73. The highest BCUT2D eigenvalue weighted by atomic mass is 127. The molecule has 1 N–H and O–H groups in total. The van der Waals surface area contributed by atoms with Gasteiger partial charge in [0, 0.05) is 21.3 Å². The second-order valence-corrected chi connectivity index (χ2v) is 8.34. The Labute approximate surface area is 129 Å². The summed E-state index contributed by atoms with van der Waals surface area (Å²) < 4.78 is 12.8. The molecule has 1 aliphatic heterocycles. The molecule has 0 saturated carbocycles. The molecule has 1 saturated heterocycles. The number of aryl methyl sites for hydroxylation is 1. The van der Waals surface area contributed by atoms with E-state index < -0.39 is 0 Å². The van der Waals surface area contributed by atoms with Crippen molar-refractivity contribution in [3.8, 4) is 0 Å². The summed E-state index contributed by atoms with van der Waals surface area (Å²) >= 11 is 2.44. The monoisotopic (exact) mass is 376 g/mol. The number of hydrogen-bond donors (Lipinski definition) is 1. The van der Waals surface area contributed by atoms with E-state index in [2.05, 4.69) is 67.4 Å². The molecule has 0 aliphatic carbocycles. The van der Waals surface area contributed by atoms with Crippen molar-refractivity contribution >= 4 is 35.2 Å². The summed E-state index contributed by atoms with van der Waals surface area (Å²) in [5, 5.41) is 7.23. The van der Waals surface area contributed by atoms with Gasteiger partial charge in [-0.05, 0) is 40.5 Å². The van der Waals surface area contributed by atoms with Gasteiger partial charge in [0.2, 0.25) is 0 Å². The Hall–Kier alpha value is -0.0751. The van der Waals surface area contributed by atoms with Crippen LogP contribution in [0, 0.1) is 0 Å². The van der Waals surface area contributed by atoms with Crippen molar-refractivity contribution in [3.05, 3.63) is 11.9 Å². The molecule has 0 radical (unpaired) electrons. The Morgan fingerprint density at radius 2 is 1.89 bits per heavy atom. The normalized spacial score (nSPS) is 22.7. The van der Waals surface area contributed by atoms with Gasteiger partial charge < -0.3 is 9.31 Å². The van der Waals surface area contributed by atoms with Crippen LogP contribution < -0.4 is 5.46 Å². The summed E-state index contributed by atoms with van der Waals surface area (Å²) in [6, 6.07) is 0. The van der Waals surface area contributed by atoms with Crippen LogP contribution >= 0.6 is 22.6 Å². The number of halogens is 1. The number of hydrogen-bond acceptors (Lipinski definition) is 3. The van der Waals surface area contributed by atoms with Gasteiger partial charge in [-0.2, -0.15) is 5.10 Å². The lowest BCUT2D eigenvalue weighted by atomic mass is 9.78. The van der Waals surface area contributed by atoms with E-state index in [9.17, 15) is 0 Å². The van der Waals surface area contributed by atoms with Crippen LogP contribution in [0.5, 0.6) is 0 Å². The Morgan fingerprint density at radius 1 is 1.32 bits per heavy atom. The Balaban J connectivity index is 2.14. The molecule has 1 aliphatic rings. The maximum atomic E-state index is 6.07. The first-order valence-electron chi connectivity index (χ1n) is 6.75. The smallest absolute Gasteiger partial charge is 0.399 e. The zero-order chi connectivity index (χ0) is 14.3. The Bertz CT molecular complexity index is 430. The predicted molar refractivity (Wildman–Crippen MR) is 86.1 cm³/mol. The molecule has 1 aromatic heterocycles. The third-order valence-electron chi connectivity index (χ3n) is 4.05. The van der Waals surface area contributed by atoms with E-state index in [4.69, 9.17) is 9.31 Å². The molecule has 1 unspecified atom stereocenters. The second-order valence-electron chi connectivity index (χ2n) is 6.21. The number of H-pyrrole nitrogens is 1. The summed E-state index contributed by atoms with van der Waals surface area (Å²) in [7, 11) is -0.316. The first kappa shape index (κ1) is 15.3. The standard InChI is InChI=1S/C13H22BIN2O2/c1-9(15)6-7-11-10(8-16-17-11)14-18-12(2,3)13(4,5)19-14/h8-9H,6-7H2,1-5H3,(H,16,17). The molecule has 1 aromatic rings. The van der Waals surface area contributed by atoms with Crippen molar-refractivity contribution in [2.24, 2.45) is 0 Å². The maximum Gasteiger partial charge on any atom is 0.498 e. The Kier molecular flexibility index (Phi) is 4.33. The number of nitrogens with zero attached hydrogens (tertiary/aromatic N) is 1. The molecule has 1 atom stereocenters. The van der Waals surface area contributed by atoms with Crippen LogP contribution in [0.1, 0.15) is 46.7 Å². The van der Waals surface area contributed by atoms with Gasteiger partial charge in [0.25, 0.3) is 0 Å². The van der Waals surface area contributed by atoms with Crippen molar-refractivity contribution in [3.63, 3.8) is 0 Å². The third kappa shape index (κ3) is 3.16. The van der Waals surface area contributed by atoms with Gasteiger partial charge in [-0.15, -0.1) is 0 Å². The fourth-order valence-electron chi connectivity index (χ4n) is 2.04. The fourth-order valence-corrected chi connectivity index (χ4v) is 2.35. The topological polar surface area (TPSA) is 47.1 Å². The highest BCUT2D eigenvalue weighted by Gasteiger charge is 2.52. The third-order valence-corrected chi connectivity index (χ3v) is 4.67. The molecule has 0 aromatic carbocycles. The maximum absolute atomic E-state index is 6.07. The highest BCUT2D eigenvalue weighted by Crippen LogP contribution is 2.36. The van der Waals surface area contributed by atoms with Gasteiger partial charge in [0.15, 0.2) is 0 Å². The minimum atomic E-state index is -0.316. The van der Waals surface area contributed by atoms with E-state index in [0.29, 0.717) is 3.92 Å². The van der Waals surface area contributed by atoms with E-state index >= 15 is 0 Å². The van der Waals surface area contributed by atoms with E-state index in [-0.39, 0.29) is 18.3 Å². The summed E-state index contributed by atoms with van der Waals surface area (Å²) in [6.07, 6.45) is 3.92. The summed E-state index contributed by atoms with van der Waals surface area (Å²) in [6.45, 7) is 10.5. The van der Waals surface area contributed by atoms with Crippen LogP contribution in [-0.4, -0.2) is 32.4 Å². The fraction of sp³-hybridized carbons (Fsp3) is 0.769. The van der Waals surface area contributed by atoms with E-state index in [0.717, 1.165) is 24.0 Å². The van der Waals surface area contributed by atoms with Crippen molar-refractivity contribution in [2.75, 3.05) is 0 Å². The van der Waals surface area contributed by atoms with Crippen LogP contribution in [0.25, 0.3) is 0 Å². The minimum absolute atomic E-state index is 0.303. The zero-order valence-electron chi connectivity index (χ0n) is 12.3. The summed E-state index contributed by atoms with van der Waals surface area (Å²) in [5.74, 6) is 0. The lowest BCUT2D eigenvalue weighted by Crippen LogP contribution is -2.41. The van der Waals surface area contributed by atoms with Crippen LogP contribution in [0.3, 0.4) is 0 Å². The Morgan fingerprint density at radius 3 is 2.42 bits per heavy atom. The van der Waals surface area contributed by atoms with Gasteiger partial charge in [-0.3, -0.25) is 5.10 Å². The lowest BCUT2D eigenvalue weighted by molar-refractivity contribution is 0.00578. The SMILES string of the molecule is CC(I)CCc1[nH]ncc1B1OC(C)(C)C(C)(C)O1. The number of alkyl halides is 1. The molecule has 19 heavy (non-hydrogen) atoms. The zero-order valence-corrected chi connectivity index (χ0v) is 14.4. The van der Waals surface area contributed by atoms with E-state index in [1.54, 1.807) is 0 Å². The molecule has 6 heteroatoms. The average molecular weight is 376 g/mol. The summed E-state index contributed by atoms with van der Waals surface area (Å²) in [5.41, 5.74) is 1.56. The van der Waals surface area contributed by atoms with Gasteiger partial charge in [-0.1, -0.05) is 29.5 Å². The largest absolute Gasteiger partial charge is 0.498 e. The molecular weight excluding hydrogens is 354 g/mol. The van der Waals surface area contributed by atoms with Crippen LogP contribution in [0.2, 0.25) is 0 Å². The van der Waals surface area contributed by atoms with Gasteiger partial charge in [-0.25, -0.2) is 0 Å².